The summed E-state index contributed by atoms with van der Waals surface area (Å²) in [5.41, 5.74) is 6.19. The third-order valence-electron chi connectivity index (χ3n) is 5.36. The molecular weight excluding hydrogens is 376 g/mol. The van der Waals surface area contributed by atoms with Gasteiger partial charge in [-0.15, -0.1) is 11.8 Å². The van der Waals surface area contributed by atoms with E-state index >= 15 is 0 Å². The highest BCUT2D eigenvalue weighted by molar-refractivity contribution is 7.98. The SMILES string of the molecule is CSc1ccc(CNC(C)c2cc3c(cn2)NCN(Cc2ccccc2)C3)cc1. The lowest BCUT2D eigenvalue weighted by atomic mass is 10.1. The van der Waals surface area contributed by atoms with Crippen LogP contribution in [-0.2, 0) is 19.6 Å². The fourth-order valence-electron chi connectivity index (χ4n) is 3.61. The van der Waals surface area contributed by atoms with Crippen LogP contribution in [0.2, 0.25) is 0 Å². The Labute approximate surface area is 177 Å². The van der Waals surface area contributed by atoms with Crippen molar-refractivity contribution in [2.24, 2.45) is 0 Å². The summed E-state index contributed by atoms with van der Waals surface area (Å²) in [6.45, 7) is 5.76. The lowest BCUT2D eigenvalue weighted by molar-refractivity contribution is 0.267. The molecule has 1 unspecified atom stereocenters. The first kappa shape index (κ1) is 20.0. The Hall–Kier alpha value is -2.34. The number of anilines is 1. The molecule has 0 aliphatic carbocycles. The lowest BCUT2D eigenvalue weighted by Gasteiger charge is -2.30. The van der Waals surface area contributed by atoms with Crippen molar-refractivity contribution in [2.75, 3.05) is 18.2 Å². The van der Waals surface area contributed by atoms with Gasteiger partial charge in [0.15, 0.2) is 0 Å². The molecule has 2 N–H and O–H groups in total. The number of pyridine rings is 1. The van der Waals surface area contributed by atoms with E-state index in [2.05, 4.69) is 89.4 Å². The summed E-state index contributed by atoms with van der Waals surface area (Å²) in [4.78, 5) is 8.41. The maximum Gasteiger partial charge on any atom is 0.0684 e. The fourth-order valence-corrected chi connectivity index (χ4v) is 4.02. The smallest absolute Gasteiger partial charge is 0.0684 e. The van der Waals surface area contributed by atoms with E-state index in [-0.39, 0.29) is 6.04 Å². The number of thioether (sulfide) groups is 1. The van der Waals surface area contributed by atoms with Gasteiger partial charge < -0.3 is 10.6 Å². The number of nitrogens with one attached hydrogen (secondary N) is 2. The predicted octanol–water partition coefficient (Wildman–Crippen LogP) is 5.04. The molecule has 29 heavy (non-hydrogen) atoms. The number of hydrogen-bond donors (Lipinski definition) is 2. The van der Waals surface area contributed by atoms with Crippen molar-refractivity contribution in [3.63, 3.8) is 0 Å². The molecule has 1 aliphatic heterocycles. The summed E-state index contributed by atoms with van der Waals surface area (Å²) in [6, 6.07) is 21.8. The molecule has 0 radical (unpaired) electrons. The summed E-state index contributed by atoms with van der Waals surface area (Å²) in [7, 11) is 0. The zero-order valence-electron chi connectivity index (χ0n) is 17.1. The first-order chi connectivity index (χ1) is 14.2. The second-order valence-electron chi connectivity index (χ2n) is 7.52. The van der Waals surface area contributed by atoms with Gasteiger partial charge >= 0.3 is 0 Å². The highest BCUT2D eigenvalue weighted by atomic mass is 32.2. The van der Waals surface area contributed by atoms with Gasteiger partial charge in [0.05, 0.1) is 24.2 Å². The molecule has 4 rings (SSSR count). The molecule has 1 aliphatic rings. The highest BCUT2D eigenvalue weighted by Gasteiger charge is 2.18. The van der Waals surface area contributed by atoms with Gasteiger partial charge in [-0.05, 0) is 48.1 Å². The molecule has 0 amide bonds. The molecule has 0 fully saturated rings. The lowest BCUT2D eigenvalue weighted by Crippen LogP contribution is -2.33. The Morgan fingerprint density at radius 3 is 2.66 bits per heavy atom. The second kappa shape index (κ2) is 9.44. The van der Waals surface area contributed by atoms with Crippen molar-refractivity contribution in [3.8, 4) is 0 Å². The van der Waals surface area contributed by atoms with E-state index < -0.39 is 0 Å². The van der Waals surface area contributed by atoms with E-state index in [9.17, 15) is 0 Å². The largest absolute Gasteiger partial charge is 0.371 e. The topological polar surface area (TPSA) is 40.2 Å². The van der Waals surface area contributed by atoms with Crippen LogP contribution in [0.15, 0.2) is 71.8 Å². The zero-order valence-corrected chi connectivity index (χ0v) is 17.9. The molecule has 1 atom stereocenters. The van der Waals surface area contributed by atoms with Crippen LogP contribution in [0.5, 0.6) is 0 Å². The summed E-state index contributed by atoms with van der Waals surface area (Å²) in [6.07, 6.45) is 4.09. The van der Waals surface area contributed by atoms with Crippen LogP contribution in [-0.4, -0.2) is 22.8 Å². The summed E-state index contributed by atoms with van der Waals surface area (Å²) in [5.74, 6) is 0. The number of aromatic nitrogens is 1. The van der Waals surface area contributed by atoms with Crippen molar-refractivity contribution in [3.05, 3.63) is 89.2 Å². The van der Waals surface area contributed by atoms with Gasteiger partial charge in [0, 0.05) is 30.6 Å². The minimum absolute atomic E-state index is 0.199. The van der Waals surface area contributed by atoms with Gasteiger partial charge in [-0.1, -0.05) is 42.5 Å². The fraction of sp³-hybridized carbons (Fsp3) is 0.292. The van der Waals surface area contributed by atoms with E-state index in [0.717, 1.165) is 37.7 Å². The number of fused-ring (bicyclic) bond motifs is 1. The van der Waals surface area contributed by atoms with E-state index in [0.29, 0.717) is 0 Å². The quantitative estimate of drug-likeness (QED) is 0.540. The maximum atomic E-state index is 4.69. The minimum Gasteiger partial charge on any atom is -0.371 e. The molecular formula is C24H28N4S. The van der Waals surface area contributed by atoms with Gasteiger partial charge in [0.2, 0.25) is 0 Å². The molecule has 3 aromatic rings. The Bertz CT molecular complexity index is 927. The Kier molecular flexibility index (Phi) is 6.49. The van der Waals surface area contributed by atoms with Crippen LogP contribution < -0.4 is 10.6 Å². The molecule has 0 saturated carbocycles. The van der Waals surface area contributed by atoms with E-state index in [4.69, 9.17) is 4.98 Å². The molecule has 150 valence electrons. The van der Waals surface area contributed by atoms with Crippen LogP contribution in [0.25, 0.3) is 0 Å². The van der Waals surface area contributed by atoms with Gasteiger partial charge in [-0.3, -0.25) is 9.88 Å². The summed E-state index contributed by atoms with van der Waals surface area (Å²) < 4.78 is 0. The van der Waals surface area contributed by atoms with Crippen molar-refractivity contribution in [1.29, 1.82) is 0 Å². The standard InChI is InChI=1S/C24H28N4S/c1-18(25-13-19-8-10-22(29-2)11-9-19)23-12-21-16-28(17-27-24(21)14-26-23)15-20-6-4-3-5-7-20/h3-12,14,18,25,27H,13,15-17H2,1-2H3. The van der Waals surface area contributed by atoms with Gasteiger partial charge in [0.25, 0.3) is 0 Å². The molecule has 0 saturated heterocycles. The average molecular weight is 405 g/mol. The van der Waals surface area contributed by atoms with E-state index in [1.807, 2.05) is 6.20 Å². The van der Waals surface area contributed by atoms with Crippen molar-refractivity contribution < 1.29 is 0 Å². The van der Waals surface area contributed by atoms with Gasteiger partial charge in [0.1, 0.15) is 0 Å². The minimum atomic E-state index is 0.199. The van der Waals surface area contributed by atoms with Gasteiger partial charge in [-0.2, -0.15) is 0 Å². The van der Waals surface area contributed by atoms with Crippen molar-refractivity contribution in [2.45, 2.75) is 37.5 Å². The van der Waals surface area contributed by atoms with Crippen molar-refractivity contribution >= 4 is 17.4 Å². The monoisotopic (exact) mass is 404 g/mol. The first-order valence-electron chi connectivity index (χ1n) is 10.1. The number of rotatable bonds is 7. The molecule has 4 nitrogen and oxygen atoms in total. The van der Waals surface area contributed by atoms with Crippen molar-refractivity contribution in [1.82, 2.24) is 15.2 Å². The summed E-state index contributed by atoms with van der Waals surface area (Å²) in [5, 5.41) is 7.12. The molecule has 0 bridgehead atoms. The normalized spacial score (nSPS) is 14.8. The van der Waals surface area contributed by atoms with Crippen LogP contribution in [0.4, 0.5) is 5.69 Å². The molecule has 2 aromatic carbocycles. The van der Waals surface area contributed by atoms with E-state index in [1.54, 1.807) is 11.8 Å². The average Bonchev–Trinajstić information content (AvgIpc) is 2.78. The zero-order chi connectivity index (χ0) is 20.1. The molecule has 1 aromatic heterocycles. The molecule has 5 heteroatoms. The first-order valence-corrected chi connectivity index (χ1v) is 11.3. The maximum absolute atomic E-state index is 4.69. The van der Waals surface area contributed by atoms with Crippen LogP contribution >= 0.6 is 11.8 Å². The number of hydrogen-bond acceptors (Lipinski definition) is 5. The number of nitrogens with zero attached hydrogens (tertiary/aromatic N) is 2. The number of benzene rings is 2. The Morgan fingerprint density at radius 2 is 1.90 bits per heavy atom. The summed E-state index contributed by atoms with van der Waals surface area (Å²) >= 11 is 1.77. The van der Waals surface area contributed by atoms with E-state index in [1.165, 1.54) is 21.6 Å². The van der Waals surface area contributed by atoms with Gasteiger partial charge in [-0.25, -0.2) is 0 Å². The third kappa shape index (κ3) is 5.18. The van der Waals surface area contributed by atoms with Crippen LogP contribution in [0.1, 0.15) is 35.3 Å². The third-order valence-corrected chi connectivity index (χ3v) is 6.11. The second-order valence-corrected chi connectivity index (χ2v) is 8.40. The Morgan fingerprint density at radius 1 is 1.10 bits per heavy atom. The Balaban J connectivity index is 1.38. The highest BCUT2D eigenvalue weighted by Crippen LogP contribution is 2.25. The molecule has 2 heterocycles. The van der Waals surface area contributed by atoms with Crippen LogP contribution in [0.3, 0.4) is 0 Å². The molecule has 0 spiro atoms. The predicted molar refractivity (Wildman–Crippen MR) is 122 cm³/mol. The van der Waals surface area contributed by atoms with Crippen LogP contribution in [0, 0.1) is 0 Å².